The number of esters is 1. The van der Waals surface area contributed by atoms with Crippen LogP contribution >= 0.6 is 11.8 Å². The minimum Gasteiger partial charge on any atom is -0.464 e. The van der Waals surface area contributed by atoms with Crippen molar-refractivity contribution in [3.63, 3.8) is 0 Å². The van der Waals surface area contributed by atoms with Crippen LogP contribution in [-0.2, 0) is 14.3 Å². The molecule has 23 heavy (non-hydrogen) atoms. The number of unbranched alkanes of at least 4 members (excludes halogenated alkanes) is 5. The van der Waals surface area contributed by atoms with E-state index in [1.165, 1.54) is 19.3 Å². The maximum atomic E-state index is 12.1. The Bertz CT molecular complexity index is 313. The van der Waals surface area contributed by atoms with Gasteiger partial charge in [0.25, 0.3) is 0 Å². The number of carbonyl (C=O) groups excluding carboxylic acids is 2. The van der Waals surface area contributed by atoms with Crippen molar-refractivity contribution in [3.8, 4) is 0 Å². The first-order chi connectivity index (χ1) is 11.2. The fourth-order valence-corrected chi connectivity index (χ4v) is 2.43. The van der Waals surface area contributed by atoms with Crippen molar-refractivity contribution in [1.82, 2.24) is 5.32 Å². The summed E-state index contributed by atoms with van der Waals surface area (Å²) in [6.45, 7) is 5.00. The van der Waals surface area contributed by atoms with E-state index in [-0.39, 0.29) is 5.97 Å². The van der Waals surface area contributed by atoms with E-state index in [0.717, 1.165) is 31.4 Å². The van der Waals surface area contributed by atoms with Crippen LogP contribution in [0.15, 0.2) is 0 Å². The minimum absolute atomic E-state index is 0.359. The Kier molecular flexibility index (Phi) is 15.3. The molecule has 136 valence electrons. The first-order valence-electron chi connectivity index (χ1n) is 8.74. The molecule has 0 radical (unpaired) electrons. The number of nitrogens with one attached hydrogen (secondary N) is 1. The summed E-state index contributed by atoms with van der Waals surface area (Å²) < 4.78 is 10.3. The molecule has 0 aromatic heterocycles. The molecule has 0 fully saturated rings. The van der Waals surface area contributed by atoms with E-state index in [1.54, 1.807) is 11.8 Å². The number of ether oxygens (including phenoxy) is 2. The zero-order valence-corrected chi connectivity index (χ0v) is 15.7. The zero-order valence-electron chi connectivity index (χ0n) is 14.9. The average molecular weight is 348 g/mol. The van der Waals surface area contributed by atoms with Crippen LogP contribution in [0.3, 0.4) is 0 Å². The van der Waals surface area contributed by atoms with Gasteiger partial charge in [-0.25, -0.2) is 9.59 Å². The molecule has 0 unspecified atom stereocenters. The average Bonchev–Trinajstić information content (AvgIpc) is 2.54. The highest BCUT2D eigenvalue weighted by molar-refractivity contribution is 7.98. The van der Waals surface area contributed by atoms with Crippen molar-refractivity contribution in [2.45, 2.75) is 71.3 Å². The lowest BCUT2D eigenvalue weighted by Gasteiger charge is -2.17. The first-order valence-corrected chi connectivity index (χ1v) is 10.1. The standard InChI is InChI=1S/C17H33NO4S/c1-4-6-8-9-10-13-21-16(19)15(11-14-23-3)18-17(20)22-12-7-5-2/h15H,4-14H2,1-3H3,(H,18,20)/t15-/m0/s1. The van der Waals surface area contributed by atoms with Gasteiger partial charge in [0, 0.05) is 0 Å². The van der Waals surface area contributed by atoms with Crippen molar-refractivity contribution >= 4 is 23.8 Å². The van der Waals surface area contributed by atoms with E-state index in [0.29, 0.717) is 19.6 Å². The van der Waals surface area contributed by atoms with Gasteiger partial charge >= 0.3 is 12.1 Å². The van der Waals surface area contributed by atoms with E-state index < -0.39 is 12.1 Å². The van der Waals surface area contributed by atoms with Crippen molar-refractivity contribution in [2.75, 3.05) is 25.2 Å². The molecule has 0 aliphatic heterocycles. The summed E-state index contributed by atoms with van der Waals surface area (Å²) in [6, 6.07) is -0.618. The molecule has 6 heteroatoms. The van der Waals surface area contributed by atoms with Crippen LogP contribution in [0.5, 0.6) is 0 Å². The summed E-state index contributed by atoms with van der Waals surface area (Å²) in [6.07, 6.45) is 9.31. The van der Waals surface area contributed by atoms with Crippen LogP contribution in [0.25, 0.3) is 0 Å². The largest absolute Gasteiger partial charge is 0.464 e. The molecule has 0 aromatic rings. The fraction of sp³-hybridized carbons (Fsp3) is 0.882. The van der Waals surface area contributed by atoms with Crippen molar-refractivity contribution in [1.29, 1.82) is 0 Å². The Morgan fingerprint density at radius 2 is 1.61 bits per heavy atom. The Morgan fingerprint density at radius 3 is 2.26 bits per heavy atom. The molecule has 0 heterocycles. The smallest absolute Gasteiger partial charge is 0.407 e. The molecule has 1 atom stereocenters. The van der Waals surface area contributed by atoms with Crippen molar-refractivity contribution < 1.29 is 19.1 Å². The lowest BCUT2D eigenvalue weighted by Crippen LogP contribution is -2.42. The Balaban J connectivity index is 4.08. The highest BCUT2D eigenvalue weighted by atomic mass is 32.2. The van der Waals surface area contributed by atoms with Gasteiger partial charge < -0.3 is 14.8 Å². The van der Waals surface area contributed by atoms with Gasteiger partial charge in [0.15, 0.2) is 0 Å². The molecule has 1 amide bonds. The van der Waals surface area contributed by atoms with E-state index in [2.05, 4.69) is 12.2 Å². The highest BCUT2D eigenvalue weighted by Gasteiger charge is 2.22. The predicted molar refractivity (Wildman–Crippen MR) is 95.9 cm³/mol. The third-order valence-corrected chi connectivity index (χ3v) is 4.05. The van der Waals surface area contributed by atoms with Crippen molar-refractivity contribution in [2.24, 2.45) is 0 Å². The molecule has 0 aliphatic rings. The van der Waals surface area contributed by atoms with Crippen LogP contribution in [0.1, 0.15) is 65.2 Å². The Hall–Kier alpha value is -0.910. The molecule has 0 bridgehead atoms. The Labute approximate surface area is 145 Å². The molecule has 1 N–H and O–H groups in total. The fourth-order valence-electron chi connectivity index (χ4n) is 1.96. The molecule has 0 saturated carbocycles. The number of rotatable bonds is 14. The van der Waals surface area contributed by atoms with Gasteiger partial charge in [-0.05, 0) is 31.3 Å². The number of amides is 1. The normalized spacial score (nSPS) is 11.8. The zero-order chi connectivity index (χ0) is 17.3. The highest BCUT2D eigenvalue weighted by Crippen LogP contribution is 2.06. The quantitative estimate of drug-likeness (QED) is 0.378. The lowest BCUT2D eigenvalue weighted by atomic mass is 10.2. The number of hydrogen-bond acceptors (Lipinski definition) is 5. The van der Waals surface area contributed by atoms with Gasteiger partial charge in [0.05, 0.1) is 13.2 Å². The monoisotopic (exact) mass is 347 g/mol. The van der Waals surface area contributed by atoms with Gasteiger partial charge in [-0.2, -0.15) is 11.8 Å². The van der Waals surface area contributed by atoms with E-state index >= 15 is 0 Å². The predicted octanol–water partition coefficient (Wildman–Crippen LogP) is 4.15. The van der Waals surface area contributed by atoms with Gasteiger partial charge in [-0.15, -0.1) is 0 Å². The summed E-state index contributed by atoms with van der Waals surface area (Å²) >= 11 is 1.63. The first kappa shape index (κ1) is 22.1. The number of carbonyl (C=O) groups is 2. The van der Waals surface area contributed by atoms with Gasteiger partial charge in [-0.1, -0.05) is 46.0 Å². The Morgan fingerprint density at radius 1 is 0.957 bits per heavy atom. The molecular formula is C17H33NO4S. The number of hydrogen-bond donors (Lipinski definition) is 1. The van der Waals surface area contributed by atoms with Crippen LogP contribution in [0, 0.1) is 0 Å². The van der Waals surface area contributed by atoms with Crippen LogP contribution < -0.4 is 5.32 Å². The second-order valence-corrected chi connectivity index (χ2v) is 6.54. The van der Waals surface area contributed by atoms with Crippen LogP contribution in [0.4, 0.5) is 4.79 Å². The topological polar surface area (TPSA) is 64.6 Å². The molecule has 0 saturated heterocycles. The molecule has 0 aliphatic carbocycles. The summed E-state index contributed by atoms with van der Waals surface area (Å²) in [5, 5.41) is 2.62. The third-order valence-electron chi connectivity index (χ3n) is 3.41. The van der Waals surface area contributed by atoms with Gasteiger partial charge in [0.1, 0.15) is 6.04 Å². The summed E-state index contributed by atoms with van der Waals surface area (Å²) in [7, 11) is 0. The van der Waals surface area contributed by atoms with Crippen molar-refractivity contribution in [3.05, 3.63) is 0 Å². The van der Waals surface area contributed by atoms with E-state index in [9.17, 15) is 9.59 Å². The maximum Gasteiger partial charge on any atom is 0.407 e. The van der Waals surface area contributed by atoms with Gasteiger partial charge in [0.2, 0.25) is 0 Å². The number of alkyl carbamates (subject to hydrolysis) is 1. The third kappa shape index (κ3) is 13.2. The minimum atomic E-state index is -0.618. The second kappa shape index (κ2) is 16.0. The second-order valence-electron chi connectivity index (χ2n) is 5.55. The SMILES string of the molecule is CCCCCCCOC(=O)[C@H](CCSC)NC(=O)OCCCC. The molecular weight excluding hydrogens is 314 g/mol. The summed E-state index contributed by atoms with van der Waals surface area (Å²) in [4.78, 5) is 23.8. The summed E-state index contributed by atoms with van der Waals surface area (Å²) in [5.74, 6) is 0.424. The van der Waals surface area contributed by atoms with E-state index in [1.807, 2.05) is 13.2 Å². The maximum absolute atomic E-state index is 12.1. The summed E-state index contributed by atoms with van der Waals surface area (Å²) in [5.41, 5.74) is 0. The molecule has 5 nitrogen and oxygen atoms in total. The lowest BCUT2D eigenvalue weighted by molar-refractivity contribution is -0.146. The van der Waals surface area contributed by atoms with E-state index in [4.69, 9.17) is 9.47 Å². The van der Waals surface area contributed by atoms with Crippen LogP contribution in [-0.4, -0.2) is 43.3 Å². The molecule has 0 spiro atoms. The molecule has 0 rings (SSSR count). The van der Waals surface area contributed by atoms with Gasteiger partial charge in [-0.3, -0.25) is 0 Å². The van der Waals surface area contributed by atoms with Crippen LogP contribution in [0.2, 0.25) is 0 Å². The number of thioether (sulfide) groups is 1. The molecule has 0 aromatic carbocycles.